The van der Waals surface area contributed by atoms with Gasteiger partial charge in [-0.2, -0.15) is 0 Å². The summed E-state index contributed by atoms with van der Waals surface area (Å²) in [6.45, 7) is 6.41. The molecule has 1 aliphatic heterocycles. The predicted molar refractivity (Wildman–Crippen MR) is 80.7 cm³/mol. The average molecular weight is 282 g/mol. The van der Waals surface area contributed by atoms with Crippen molar-refractivity contribution < 1.29 is 9.53 Å². The molecule has 0 aromatic rings. The van der Waals surface area contributed by atoms with E-state index in [-0.39, 0.29) is 18.1 Å². The minimum atomic E-state index is 0.192. The van der Waals surface area contributed by atoms with E-state index in [9.17, 15) is 4.79 Å². The molecule has 2 unspecified atom stereocenters. The SMILES string of the molecule is CC1CN(CC(=O)NC2CCCCCCC2)CC(C)O1. The third kappa shape index (κ3) is 5.41. The van der Waals surface area contributed by atoms with E-state index in [1.54, 1.807) is 0 Å². The Morgan fingerprint density at radius 2 is 1.60 bits per heavy atom. The number of nitrogens with zero attached hydrogens (tertiary/aromatic N) is 1. The highest BCUT2D eigenvalue weighted by Gasteiger charge is 2.24. The molecule has 116 valence electrons. The van der Waals surface area contributed by atoms with Crippen LogP contribution < -0.4 is 5.32 Å². The van der Waals surface area contributed by atoms with Gasteiger partial charge in [0.05, 0.1) is 18.8 Å². The van der Waals surface area contributed by atoms with Crippen LogP contribution in [0.5, 0.6) is 0 Å². The second kappa shape index (κ2) is 7.99. The van der Waals surface area contributed by atoms with Crippen LogP contribution in [0.2, 0.25) is 0 Å². The van der Waals surface area contributed by atoms with Crippen molar-refractivity contribution in [3.05, 3.63) is 0 Å². The highest BCUT2D eigenvalue weighted by atomic mass is 16.5. The summed E-state index contributed by atoms with van der Waals surface area (Å²) in [5.41, 5.74) is 0. The topological polar surface area (TPSA) is 41.6 Å². The third-order valence-electron chi connectivity index (χ3n) is 4.33. The van der Waals surface area contributed by atoms with Crippen molar-refractivity contribution in [3.63, 3.8) is 0 Å². The van der Waals surface area contributed by atoms with E-state index in [0.29, 0.717) is 12.6 Å². The quantitative estimate of drug-likeness (QED) is 0.864. The molecule has 2 rings (SSSR count). The normalized spacial score (nSPS) is 30.5. The smallest absolute Gasteiger partial charge is 0.234 e. The van der Waals surface area contributed by atoms with Gasteiger partial charge < -0.3 is 10.1 Å². The Morgan fingerprint density at radius 3 is 2.20 bits per heavy atom. The molecule has 1 N–H and O–H groups in total. The molecule has 0 bridgehead atoms. The van der Waals surface area contributed by atoms with Gasteiger partial charge in [-0.15, -0.1) is 0 Å². The van der Waals surface area contributed by atoms with Crippen LogP contribution >= 0.6 is 0 Å². The third-order valence-corrected chi connectivity index (χ3v) is 4.33. The average Bonchev–Trinajstić information content (AvgIpc) is 2.31. The maximum atomic E-state index is 12.2. The molecule has 0 aromatic carbocycles. The van der Waals surface area contributed by atoms with Gasteiger partial charge in [0.25, 0.3) is 0 Å². The summed E-state index contributed by atoms with van der Waals surface area (Å²) in [5.74, 6) is 0.192. The number of morpholine rings is 1. The fourth-order valence-electron chi connectivity index (χ4n) is 3.49. The van der Waals surface area contributed by atoms with Gasteiger partial charge in [0.2, 0.25) is 5.91 Å². The highest BCUT2D eigenvalue weighted by Crippen LogP contribution is 2.17. The Hall–Kier alpha value is -0.610. The predicted octanol–water partition coefficient (Wildman–Crippen LogP) is 2.32. The molecule has 1 amide bonds. The zero-order valence-corrected chi connectivity index (χ0v) is 13.1. The van der Waals surface area contributed by atoms with Crippen molar-refractivity contribution in [3.8, 4) is 0 Å². The van der Waals surface area contributed by atoms with Crippen molar-refractivity contribution in [2.45, 2.75) is 77.0 Å². The molecule has 2 atom stereocenters. The molecule has 20 heavy (non-hydrogen) atoms. The summed E-state index contributed by atoms with van der Waals surface area (Å²) in [6.07, 6.45) is 9.30. The fourth-order valence-corrected chi connectivity index (χ4v) is 3.49. The van der Waals surface area contributed by atoms with E-state index in [1.165, 1.54) is 32.1 Å². The second-order valence-corrected chi connectivity index (χ2v) is 6.56. The van der Waals surface area contributed by atoms with Crippen LogP contribution in [-0.2, 0) is 9.53 Å². The lowest BCUT2D eigenvalue weighted by Gasteiger charge is -2.35. The summed E-state index contributed by atoms with van der Waals surface area (Å²) < 4.78 is 5.70. The monoisotopic (exact) mass is 282 g/mol. The van der Waals surface area contributed by atoms with Crippen LogP contribution in [0.4, 0.5) is 0 Å². The molecule has 2 fully saturated rings. The zero-order valence-electron chi connectivity index (χ0n) is 13.1. The molecule has 4 nitrogen and oxygen atoms in total. The summed E-state index contributed by atoms with van der Waals surface area (Å²) in [6, 6.07) is 0.402. The molecular formula is C16H30N2O2. The number of carbonyl (C=O) groups excluding carboxylic acids is 1. The first kappa shape index (κ1) is 15.8. The minimum Gasteiger partial charge on any atom is -0.373 e. The number of amides is 1. The van der Waals surface area contributed by atoms with Gasteiger partial charge >= 0.3 is 0 Å². The van der Waals surface area contributed by atoms with Crippen molar-refractivity contribution in [1.29, 1.82) is 0 Å². The van der Waals surface area contributed by atoms with Crippen molar-refractivity contribution in [2.75, 3.05) is 19.6 Å². The fraction of sp³-hybridized carbons (Fsp3) is 0.938. The van der Waals surface area contributed by atoms with E-state index in [4.69, 9.17) is 4.74 Å². The summed E-state index contributed by atoms with van der Waals surface area (Å²) >= 11 is 0. The summed E-state index contributed by atoms with van der Waals surface area (Å²) in [7, 11) is 0. The molecule has 2 aliphatic rings. The molecule has 0 radical (unpaired) electrons. The minimum absolute atomic E-state index is 0.192. The Bertz CT molecular complexity index is 291. The Balaban J connectivity index is 1.73. The van der Waals surface area contributed by atoms with Crippen LogP contribution in [0.3, 0.4) is 0 Å². The van der Waals surface area contributed by atoms with Crippen molar-refractivity contribution >= 4 is 5.91 Å². The Morgan fingerprint density at radius 1 is 1.05 bits per heavy atom. The van der Waals surface area contributed by atoms with Crippen molar-refractivity contribution in [1.82, 2.24) is 10.2 Å². The van der Waals surface area contributed by atoms with Crippen LogP contribution in [0.25, 0.3) is 0 Å². The van der Waals surface area contributed by atoms with Gasteiger partial charge in [0, 0.05) is 19.1 Å². The van der Waals surface area contributed by atoms with Gasteiger partial charge in [-0.1, -0.05) is 32.1 Å². The molecule has 1 saturated heterocycles. The Labute approximate surface area is 123 Å². The largest absolute Gasteiger partial charge is 0.373 e. The highest BCUT2D eigenvalue weighted by molar-refractivity contribution is 5.78. The van der Waals surface area contributed by atoms with E-state index >= 15 is 0 Å². The number of carbonyl (C=O) groups is 1. The van der Waals surface area contributed by atoms with E-state index in [1.807, 2.05) is 0 Å². The lowest BCUT2D eigenvalue weighted by Crippen LogP contribution is -2.50. The van der Waals surface area contributed by atoms with Gasteiger partial charge in [-0.05, 0) is 26.7 Å². The maximum Gasteiger partial charge on any atom is 0.234 e. The van der Waals surface area contributed by atoms with Crippen molar-refractivity contribution in [2.24, 2.45) is 0 Å². The maximum absolute atomic E-state index is 12.2. The van der Waals surface area contributed by atoms with Gasteiger partial charge in [-0.25, -0.2) is 0 Å². The first-order valence-corrected chi connectivity index (χ1v) is 8.30. The van der Waals surface area contributed by atoms with E-state index in [2.05, 4.69) is 24.1 Å². The van der Waals surface area contributed by atoms with Crippen LogP contribution in [0.1, 0.15) is 58.8 Å². The molecule has 1 heterocycles. The Kier molecular flexibility index (Phi) is 6.30. The number of ether oxygens (including phenoxy) is 1. The molecule has 0 spiro atoms. The number of nitrogens with one attached hydrogen (secondary N) is 1. The molecule has 1 aliphatic carbocycles. The number of rotatable bonds is 3. The number of hydrogen-bond acceptors (Lipinski definition) is 3. The lowest BCUT2D eigenvalue weighted by atomic mass is 9.97. The summed E-state index contributed by atoms with van der Waals surface area (Å²) in [4.78, 5) is 14.4. The zero-order chi connectivity index (χ0) is 14.4. The summed E-state index contributed by atoms with van der Waals surface area (Å²) in [5, 5.41) is 3.24. The first-order valence-electron chi connectivity index (χ1n) is 8.30. The first-order chi connectivity index (χ1) is 9.63. The van der Waals surface area contributed by atoms with Crippen LogP contribution in [-0.4, -0.2) is 48.7 Å². The van der Waals surface area contributed by atoms with Crippen LogP contribution in [0, 0.1) is 0 Å². The molecule has 1 saturated carbocycles. The molecule has 4 heteroatoms. The number of hydrogen-bond donors (Lipinski definition) is 1. The molecular weight excluding hydrogens is 252 g/mol. The van der Waals surface area contributed by atoms with Gasteiger partial charge in [0.1, 0.15) is 0 Å². The molecule has 0 aromatic heterocycles. The van der Waals surface area contributed by atoms with E-state index < -0.39 is 0 Å². The second-order valence-electron chi connectivity index (χ2n) is 6.56. The van der Waals surface area contributed by atoms with E-state index in [0.717, 1.165) is 25.9 Å². The standard InChI is InChI=1S/C16H30N2O2/c1-13-10-18(11-14(2)20-13)12-16(19)17-15-8-6-4-3-5-7-9-15/h13-15H,3-12H2,1-2H3,(H,17,19). The lowest BCUT2D eigenvalue weighted by molar-refractivity contribution is -0.126. The van der Waals surface area contributed by atoms with Gasteiger partial charge in [0.15, 0.2) is 0 Å². The van der Waals surface area contributed by atoms with Crippen LogP contribution in [0.15, 0.2) is 0 Å². The van der Waals surface area contributed by atoms with Gasteiger partial charge in [-0.3, -0.25) is 9.69 Å².